The SMILES string of the molecule is CCC(O)c1ccccc1N1CCCC(C(F)(F)F)C1. The summed E-state index contributed by atoms with van der Waals surface area (Å²) in [6.07, 6.45) is -3.50. The van der Waals surface area contributed by atoms with Crippen LogP contribution in [0.5, 0.6) is 0 Å². The average molecular weight is 287 g/mol. The number of hydrogen-bond acceptors (Lipinski definition) is 2. The second-order valence-electron chi connectivity index (χ2n) is 5.31. The summed E-state index contributed by atoms with van der Waals surface area (Å²) in [6.45, 7) is 2.45. The number of para-hydroxylation sites is 1. The summed E-state index contributed by atoms with van der Waals surface area (Å²) in [5.74, 6) is -1.27. The first-order chi connectivity index (χ1) is 9.43. The number of aliphatic hydroxyl groups excluding tert-OH is 1. The van der Waals surface area contributed by atoms with Gasteiger partial charge in [-0.3, -0.25) is 0 Å². The van der Waals surface area contributed by atoms with E-state index >= 15 is 0 Å². The van der Waals surface area contributed by atoms with Gasteiger partial charge in [0.25, 0.3) is 0 Å². The number of hydrogen-bond donors (Lipinski definition) is 1. The molecule has 2 unspecified atom stereocenters. The molecule has 1 aliphatic heterocycles. The summed E-state index contributed by atoms with van der Waals surface area (Å²) >= 11 is 0. The fourth-order valence-electron chi connectivity index (χ4n) is 2.74. The van der Waals surface area contributed by atoms with Crippen molar-refractivity contribution < 1.29 is 18.3 Å². The van der Waals surface area contributed by atoms with Gasteiger partial charge in [0.05, 0.1) is 12.0 Å². The minimum Gasteiger partial charge on any atom is -0.388 e. The first kappa shape index (κ1) is 15.2. The summed E-state index contributed by atoms with van der Waals surface area (Å²) in [4.78, 5) is 1.76. The highest BCUT2D eigenvalue weighted by Gasteiger charge is 2.42. The van der Waals surface area contributed by atoms with E-state index in [4.69, 9.17) is 0 Å². The predicted molar refractivity (Wildman–Crippen MR) is 72.7 cm³/mol. The zero-order valence-corrected chi connectivity index (χ0v) is 11.5. The molecule has 2 atom stereocenters. The molecule has 0 spiro atoms. The van der Waals surface area contributed by atoms with E-state index in [0.29, 0.717) is 19.4 Å². The van der Waals surface area contributed by atoms with Crippen LogP contribution in [0.15, 0.2) is 24.3 Å². The zero-order chi connectivity index (χ0) is 14.8. The largest absolute Gasteiger partial charge is 0.393 e. The number of benzene rings is 1. The molecule has 5 heteroatoms. The maximum Gasteiger partial charge on any atom is 0.393 e. The van der Waals surface area contributed by atoms with E-state index in [2.05, 4.69) is 0 Å². The van der Waals surface area contributed by atoms with Crippen LogP contribution in [-0.4, -0.2) is 24.4 Å². The molecule has 1 aliphatic rings. The Kier molecular flexibility index (Phi) is 4.58. The highest BCUT2D eigenvalue weighted by molar-refractivity contribution is 5.55. The van der Waals surface area contributed by atoms with Crippen molar-refractivity contribution in [2.24, 2.45) is 5.92 Å². The second-order valence-corrected chi connectivity index (χ2v) is 5.31. The Balaban J connectivity index is 2.23. The van der Waals surface area contributed by atoms with Crippen molar-refractivity contribution in [3.63, 3.8) is 0 Å². The third kappa shape index (κ3) is 3.26. The van der Waals surface area contributed by atoms with Gasteiger partial charge >= 0.3 is 6.18 Å². The van der Waals surface area contributed by atoms with E-state index < -0.39 is 18.2 Å². The van der Waals surface area contributed by atoms with E-state index in [9.17, 15) is 18.3 Å². The second kappa shape index (κ2) is 6.04. The Labute approximate surface area is 117 Å². The maximum absolute atomic E-state index is 12.9. The fraction of sp³-hybridized carbons (Fsp3) is 0.600. The number of aliphatic hydroxyl groups is 1. The van der Waals surface area contributed by atoms with Gasteiger partial charge in [0, 0.05) is 24.3 Å². The topological polar surface area (TPSA) is 23.5 Å². The highest BCUT2D eigenvalue weighted by Crippen LogP contribution is 2.37. The lowest BCUT2D eigenvalue weighted by Crippen LogP contribution is -2.42. The Bertz CT molecular complexity index is 447. The van der Waals surface area contributed by atoms with Crippen LogP contribution in [0.4, 0.5) is 18.9 Å². The van der Waals surface area contributed by atoms with Gasteiger partial charge in [0.15, 0.2) is 0 Å². The van der Waals surface area contributed by atoms with Crippen LogP contribution in [0.2, 0.25) is 0 Å². The minimum absolute atomic E-state index is 0.0169. The van der Waals surface area contributed by atoms with Crippen molar-refractivity contribution in [2.45, 2.75) is 38.5 Å². The van der Waals surface area contributed by atoms with Gasteiger partial charge in [0.1, 0.15) is 0 Å². The third-order valence-electron chi connectivity index (χ3n) is 3.91. The highest BCUT2D eigenvalue weighted by atomic mass is 19.4. The summed E-state index contributed by atoms with van der Waals surface area (Å²) in [7, 11) is 0. The molecule has 20 heavy (non-hydrogen) atoms. The summed E-state index contributed by atoms with van der Waals surface area (Å²) in [5.41, 5.74) is 1.45. The Hall–Kier alpha value is -1.23. The molecule has 1 fully saturated rings. The molecule has 0 aromatic heterocycles. The molecule has 1 heterocycles. The molecule has 112 valence electrons. The summed E-state index contributed by atoms with van der Waals surface area (Å²) < 4.78 is 38.6. The average Bonchev–Trinajstić information content (AvgIpc) is 2.45. The van der Waals surface area contributed by atoms with Gasteiger partial charge in [-0.15, -0.1) is 0 Å². The number of piperidine rings is 1. The van der Waals surface area contributed by atoms with Gasteiger partial charge in [-0.1, -0.05) is 25.1 Å². The molecule has 0 saturated carbocycles. The lowest BCUT2D eigenvalue weighted by Gasteiger charge is -2.36. The molecule has 1 aromatic rings. The normalized spacial score (nSPS) is 21.9. The molecule has 1 saturated heterocycles. The van der Waals surface area contributed by atoms with Crippen LogP contribution in [0.25, 0.3) is 0 Å². The lowest BCUT2D eigenvalue weighted by atomic mass is 9.95. The van der Waals surface area contributed by atoms with Crippen LogP contribution in [0.3, 0.4) is 0 Å². The van der Waals surface area contributed by atoms with Gasteiger partial charge in [0.2, 0.25) is 0 Å². The maximum atomic E-state index is 12.9. The van der Waals surface area contributed by atoms with E-state index in [1.165, 1.54) is 0 Å². The molecule has 0 radical (unpaired) electrons. The van der Waals surface area contributed by atoms with Crippen LogP contribution < -0.4 is 4.90 Å². The van der Waals surface area contributed by atoms with Crippen molar-refractivity contribution in [1.29, 1.82) is 0 Å². The summed E-state index contributed by atoms with van der Waals surface area (Å²) in [5, 5.41) is 10.0. The van der Waals surface area contributed by atoms with Crippen molar-refractivity contribution in [3.05, 3.63) is 29.8 Å². The van der Waals surface area contributed by atoms with Crippen molar-refractivity contribution in [1.82, 2.24) is 0 Å². The monoisotopic (exact) mass is 287 g/mol. The van der Waals surface area contributed by atoms with E-state index in [-0.39, 0.29) is 13.0 Å². The minimum atomic E-state index is -4.14. The molecule has 1 aromatic carbocycles. The number of halogens is 3. The molecule has 0 amide bonds. The van der Waals surface area contributed by atoms with Gasteiger partial charge in [-0.2, -0.15) is 13.2 Å². The molecule has 2 rings (SSSR count). The van der Waals surface area contributed by atoms with Crippen LogP contribution in [0, 0.1) is 5.92 Å². The van der Waals surface area contributed by atoms with E-state index in [1.54, 1.807) is 23.1 Å². The van der Waals surface area contributed by atoms with Crippen LogP contribution in [0.1, 0.15) is 37.9 Å². The van der Waals surface area contributed by atoms with Crippen molar-refractivity contribution >= 4 is 5.69 Å². The number of nitrogens with zero attached hydrogens (tertiary/aromatic N) is 1. The van der Waals surface area contributed by atoms with Crippen molar-refractivity contribution in [3.8, 4) is 0 Å². The van der Waals surface area contributed by atoms with Gasteiger partial charge < -0.3 is 10.0 Å². The van der Waals surface area contributed by atoms with Gasteiger partial charge in [-0.25, -0.2) is 0 Å². The van der Waals surface area contributed by atoms with E-state index in [1.807, 2.05) is 13.0 Å². The quantitative estimate of drug-likeness (QED) is 0.911. The smallest absolute Gasteiger partial charge is 0.388 e. The Morgan fingerprint density at radius 2 is 2.05 bits per heavy atom. The van der Waals surface area contributed by atoms with E-state index in [0.717, 1.165) is 11.3 Å². The summed E-state index contributed by atoms with van der Waals surface area (Å²) in [6, 6.07) is 7.20. The molecule has 0 bridgehead atoms. The fourth-order valence-corrected chi connectivity index (χ4v) is 2.74. The molecular weight excluding hydrogens is 267 g/mol. The number of anilines is 1. The first-order valence-corrected chi connectivity index (χ1v) is 7.02. The van der Waals surface area contributed by atoms with Crippen molar-refractivity contribution in [2.75, 3.05) is 18.0 Å². The predicted octanol–water partition coefficient (Wildman–Crippen LogP) is 3.91. The number of rotatable bonds is 3. The van der Waals surface area contributed by atoms with Gasteiger partial charge in [-0.05, 0) is 25.3 Å². The standard InChI is InChI=1S/C15H20F3NO/c1-2-14(20)12-7-3-4-8-13(12)19-9-5-6-11(10-19)15(16,17)18/h3-4,7-8,11,14,20H,2,5-6,9-10H2,1H3. The first-order valence-electron chi connectivity index (χ1n) is 7.02. The molecule has 1 N–H and O–H groups in total. The Morgan fingerprint density at radius 3 is 2.70 bits per heavy atom. The third-order valence-corrected chi connectivity index (χ3v) is 3.91. The Morgan fingerprint density at radius 1 is 1.35 bits per heavy atom. The van der Waals surface area contributed by atoms with Crippen LogP contribution >= 0.6 is 0 Å². The zero-order valence-electron chi connectivity index (χ0n) is 11.5. The van der Waals surface area contributed by atoms with Crippen LogP contribution in [-0.2, 0) is 0 Å². The number of alkyl halides is 3. The molecule has 2 nitrogen and oxygen atoms in total. The lowest BCUT2D eigenvalue weighted by molar-refractivity contribution is -0.176. The molecule has 0 aliphatic carbocycles. The molecular formula is C15H20F3NO.